The Bertz CT molecular complexity index is 1050. The number of Topliss-reactive ketones (excluding diaryl/α,β-unsaturated/α-hetero) is 1. The standard InChI is InChI=1S/C21H20N4O6/c1-3-31-20(28)21(11-22)16-9-6-14(12(2)26)10-24(16)18(19(23)27)17(21)13-4-7-15(8-5-13)25(29)30/h4-10,16-18H,3H2,1-2H3,(H2,23,27)/t16-,17+,18-,21-/m0/s1. The van der Waals surface area contributed by atoms with E-state index in [1.54, 1.807) is 6.92 Å². The number of nitro benzene ring substituents is 1. The number of rotatable bonds is 6. The van der Waals surface area contributed by atoms with Crippen LogP contribution in [0.1, 0.15) is 25.3 Å². The number of ether oxygens (including phenoxy) is 1. The van der Waals surface area contributed by atoms with Gasteiger partial charge >= 0.3 is 5.97 Å². The third-order valence-corrected chi connectivity index (χ3v) is 5.62. The maximum atomic E-state index is 13.1. The first-order valence-corrected chi connectivity index (χ1v) is 9.49. The van der Waals surface area contributed by atoms with Crippen LogP contribution in [0, 0.1) is 26.9 Å². The van der Waals surface area contributed by atoms with Crippen LogP contribution in [0.3, 0.4) is 0 Å². The summed E-state index contributed by atoms with van der Waals surface area (Å²) in [6, 6.07) is 5.18. The second-order valence-electron chi connectivity index (χ2n) is 7.27. The monoisotopic (exact) mass is 424 g/mol. The van der Waals surface area contributed by atoms with E-state index in [2.05, 4.69) is 6.07 Å². The minimum Gasteiger partial charge on any atom is -0.465 e. The Labute approximate surface area is 177 Å². The number of benzene rings is 1. The molecule has 1 aromatic carbocycles. The highest BCUT2D eigenvalue weighted by molar-refractivity contribution is 5.97. The molecule has 2 aliphatic heterocycles. The summed E-state index contributed by atoms with van der Waals surface area (Å²) < 4.78 is 5.22. The molecule has 2 N–H and O–H groups in total. The average molecular weight is 424 g/mol. The SMILES string of the molecule is CCOC(=O)[C@]1(C#N)[C@H](c2ccc([N+](=O)[O-])cc2)[C@@H](C(N)=O)N2C=C(C(C)=O)C=C[C@H]21. The van der Waals surface area contributed by atoms with Gasteiger partial charge < -0.3 is 15.4 Å². The van der Waals surface area contributed by atoms with Gasteiger partial charge in [0, 0.05) is 29.8 Å². The predicted octanol–water partition coefficient (Wildman–Crippen LogP) is 1.33. The number of nitrogens with two attached hydrogens (primary N) is 1. The highest BCUT2D eigenvalue weighted by Crippen LogP contribution is 2.53. The number of esters is 1. The van der Waals surface area contributed by atoms with Crippen molar-refractivity contribution in [3.63, 3.8) is 0 Å². The van der Waals surface area contributed by atoms with Crippen LogP contribution in [-0.4, -0.2) is 46.2 Å². The van der Waals surface area contributed by atoms with Crippen LogP contribution >= 0.6 is 0 Å². The highest BCUT2D eigenvalue weighted by atomic mass is 16.6. The van der Waals surface area contributed by atoms with Crippen molar-refractivity contribution in [2.24, 2.45) is 11.1 Å². The molecule has 160 valence electrons. The molecule has 0 spiro atoms. The van der Waals surface area contributed by atoms with Gasteiger partial charge in [-0.2, -0.15) is 5.26 Å². The average Bonchev–Trinajstić information content (AvgIpc) is 3.04. The quantitative estimate of drug-likeness (QED) is 0.407. The number of fused-ring (bicyclic) bond motifs is 1. The lowest BCUT2D eigenvalue weighted by Crippen LogP contribution is -2.45. The van der Waals surface area contributed by atoms with Gasteiger partial charge in [-0.15, -0.1) is 0 Å². The van der Waals surface area contributed by atoms with Crippen molar-refractivity contribution >= 4 is 23.3 Å². The van der Waals surface area contributed by atoms with E-state index in [1.807, 2.05) is 0 Å². The fourth-order valence-corrected chi connectivity index (χ4v) is 4.27. The van der Waals surface area contributed by atoms with Crippen molar-refractivity contribution in [1.82, 2.24) is 4.90 Å². The van der Waals surface area contributed by atoms with Crippen LogP contribution in [0.2, 0.25) is 0 Å². The second kappa shape index (κ2) is 8.02. The smallest absolute Gasteiger partial charge is 0.329 e. The van der Waals surface area contributed by atoms with Crippen molar-refractivity contribution < 1.29 is 24.0 Å². The van der Waals surface area contributed by atoms with Gasteiger partial charge in [-0.1, -0.05) is 24.3 Å². The Morgan fingerprint density at radius 2 is 1.97 bits per heavy atom. The van der Waals surface area contributed by atoms with Crippen LogP contribution in [-0.2, 0) is 19.1 Å². The molecule has 2 aliphatic rings. The van der Waals surface area contributed by atoms with Crippen molar-refractivity contribution in [2.75, 3.05) is 6.61 Å². The molecule has 10 heteroatoms. The molecule has 0 bridgehead atoms. The number of carbonyl (C=O) groups excluding carboxylic acids is 3. The first kappa shape index (κ1) is 21.7. The van der Waals surface area contributed by atoms with Crippen LogP contribution < -0.4 is 5.73 Å². The summed E-state index contributed by atoms with van der Waals surface area (Å²) in [5.74, 6) is -3.02. The zero-order valence-electron chi connectivity index (χ0n) is 16.8. The zero-order valence-corrected chi connectivity index (χ0v) is 16.8. The van der Waals surface area contributed by atoms with Gasteiger partial charge in [0.15, 0.2) is 11.2 Å². The van der Waals surface area contributed by atoms with Crippen molar-refractivity contribution in [1.29, 1.82) is 5.26 Å². The summed E-state index contributed by atoms with van der Waals surface area (Å²) in [5, 5.41) is 21.3. The highest BCUT2D eigenvalue weighted by Gasteiger charge is 2.66. The summed E-state index contributed by atoms with van der Waals surface area (Å²) in [6.07, 6.45) is 4.42. The van der Waals surface area contributed by atoms with Crippen molar-refractivity contribution in [3.8, 4) is 6.07 Å². The van der Waals surface area contributed by atoms with Gasteiger partial charge in [0.05, 0.1) is 23.6 Å². The summed E-state index contributed by atoms with van der Waals surface area (Å²) >= 11 is 0. The molecule has 0 aromatic heterocycles. The number of amides is 1. The molecule has 0 saturated carbocycles. The molecule has 0 aliphatic carbocycles. The largest absolute Gasteiger partial charge is 0.465 e. The second-order valence-corrected chi connectivity index (χ2v) is 7.27. The lowest BCUT2D eigenvalue weighted by Gasteiger charge is -2.32. The van der Waals surface area contributed by atoms with Crippen LogP contribution in [0.5, 0.6) is 0 Å². The predicted molar refractivity (Wildman–Crippen MR) is 107 cm³/mol. The van der Waals surface area contributed by atoms with E-state index in [0.717, 1.165) is 0 Å². The van der Waals surface area contributed by atoms with Gasteiger partial charge in [0.2, 0.25) is 5.91 Å². The summed E-state index contributed by atoms with van der Waals surface area (Å²) in [7, 11) is 0. The molecular weight excluding hydrogens is 404 g/mol. The van der Waals surface area contributed by atoms with Crippen LogP contribution in [0.4, 0.5) is 5.69 Å². The maximum absolute atomic E-state index is 13.1. The minimum absolute atomic E-state index is 0.00144. The normalized spacial score (nSPS) is 26.4. The number of nitrogens with zero attached hydrogens (tertiary/aromatic N) is 3. The molecular formula is C21H20N4O6. The Balaban J connectivity index is 2.27. The number of primary amides is 1. The first-order valence-electron chi connectivity index (χ1n) is 9.49. The van der Waals surface area contributed by atoms with E-state index in [9.17, 15) is 29.8 Å². The summed E-state index contributed by atoms with van der Waals surface area (Å²) in [5.41, 5.74) is 4.25. The van der Waals surface area contributed by atoms with Gasteiger partial charge in [-0.3, -0.25) is 24.5 Å². The van der Waals surface area contributed by atoms with Gasteiger partial charge in [-0.25, -0.2) is 0 Å². The number of nitriles is 1. The van der Waals surface area contributed by atoms with Gasteiger partial charge in [-0.05, 0) is 19.4 Å². The number of ketones is 1. The minimum atomic E-state index is -1.87. The lowest BCUT2D eigenvalue weighted by atomic mass is 9.68. The number of nitro groups is 1. The van der Waals surface area contributed by atoms with Gasteiger partial charge in [0.1, 0.15) is 6.04 Å². The number of hydrogen-bond donors (Lipinski definition) is 1. The maximum Gasteiger partial charge on any atom is 0.329 e. The molecule has 1 fully saturated rings. The number of carbonyl (C=O) groups is 3. The fraction of sp³-hybridized carbons (Fsp3) is 0.333. The molecule has 31 heavy (non-hydrogen) atoms. The van der Waals surface area contributed by atoms with Gasteiger partial charge in [0.25, 0.3) is 5.69 Å². The zero-order chi connectivity index (χ0) is 22.9. The van der Waals surface area contributed by atoms with Crippen molar-refractivity contribution in [2.45, 2.75) is 31.8 Å². The van der Waals surface area contributed by atoms with Crippen LogP contribution in [0.25, 0.3) is 0 Å². The Morgan fingerprint density at radius 3 is 2.45 bits per heavy atom. The number of allylic oxidation sites excluding steroid dienone is 2. The molecule has 2 heterocycles. The lowest BCUT2D eigenvalue weighted by molar-refractivity contribution is -0.384. The van der Waals surface area contributed by atoms with Crippen LogP contribution in [0.15, 0.2) is 48.2 Å². The third-order valence-electron chi connectivity index (χ3n) is 5.62. The van der Waals surface area contributed by atoms with E-state index >= 15 is 0 Å². The fourth-order valence-electron chi connectivity index (χ4n) is 4.27. The van der Waals surface area contributed by atoms with Crippen molar-refractivity contribution in [3.05, 3.63) is 63.9 Å². The molecule has 0 unspecified atom stereocenters. The third kappa shape index (κ3) is 3.34. The number of hydrogen-bond acceptors (Lipinski definition) is 8. The molecule has 1 aromatic rings. The Hall–Kier alpha value is -4.00. The van der Waals surface area contributed by atoms with E-state index in [4.69, 9.17) is 10.5 Å². The molecule has 1 amide bonds. The van der Waals surface area contributed by atoms with E-state index in [0.29, 0.717) is 5.56 Å². The molecule has 3 rings (SSSR count). The Kier molecular flexibility index (Phi) is 5.62. The van der Waals surface area contributed by atoms with E-state index in [-0.39, 0.29) is 23.7 Å². The molecule has 1 saturated heterocycles. The topological polar surface area (TPSA) is 157 Å². The number of non-ortho nitro benzene ring substituents is 1. The summed E-state index contributed by atoms with van der Waals surface area (Å²) in [4.78, 5) is 49.5. The van der Waals surface area contributed by atoms with E-state index < -0.39 is 40.2 Å². The molecule has 10 nitrogen and oxygen atoms in total. The Morgan fingerprint density at radius 1 is 1.32 bits per heavy atom. The first-order chi connectivity index (χ1) is 14.7. The summed E-state index contributed by atoms with van der Waals surface area (Å²) in [6.45, 7) is 2.94. The molecule has 0 radical (unpaired) electrons. The molecule has 4 atom stereocenters. The van der Waals surface area contributed by atoms with E-state index in [1.165, 1.54) is 54.4 Å².